The number of esters is 1. The molecule has 0 atom stereocenters. The topological polar surface area (TPSA) is 74.4 Å². The van der Waals surface area contributed by atoms with E-state index in [0.29, 0.717) is 4.43 Å². The van der Waals surface area contributed by atoms with Gasteiger partial charge in [-0.05, 0) is 19.9 Å². The van der Waals surface area contributed by atoms with E-state index in [0.717, 1.165) is 4.73 Å². The summed E-state index contributed by atoms with van der Waals surface area (Å²) in [5.74, 6) is -0.551. The number of carbonyl (C=O) groups is 1. The van der Waals surface area contributed by atoms with E-state index in [4.69, 9.17) is 27.9 Å². The minimum absolute atomic E-state index is 0.0850. The van der Waals surface area contributed by atoms with Crippen molar-refractivity contribution in [1.29, 1.82) is 0 Å². The number of aromatic nitrogens is 2. The maximum absolute atomic E-state index is 12.4. The zero-order valence-corrected chi connectivity index (χ0v) is 12.9. The zero-order chi connectivity index (χ0) is 15.7. The van der Waals surface area contributed by atoms with Crippen LogP contribution in [0.1, 0.15) is 18.3 Å². The third-order valence-electron chi connectivity index (χ3n) is 3.06. The maximum atomic E-state index is 12.4. The number of ether oxygens (including phenoxy) is 1. The van der Waals surface area contributed by atoms with Gasteiger partial charge in [0.15, 0.2) is 5.52 Å². The van der Waals surface area contributed by atoms with Gasteiger partial charge in [0, 0.05) is 11.0 Å². The van der Waals surface area contributed by atoms with Crippen molar-refractivity contribution in [1.82, 2.24) is 4.73 Å². The van der Waals surface area contributed by atoms with Crippen LogP contribution in [-0.4, -0.2) is 22.5 Å². The van der Waals surface area contributed by atoms with Crippen molar-refractivity contribution >= 4 is 40.2 Å². The first-order chi connectivity index (χ1) is 9.86. The van der Waals surface area contributed by atoms with E-state index in [1.54, 1.807) is 6.92 Å². The summed E-state index contributed by atoms with van der Waals surface area (Å²) in [4.78, 5) is 24.0. The SMILES string of the molecule is CCOC(=O)Cc1c(C)n(O)c2cc(Cl)c(Cl)cc2[n+]1=O. The summed E-state index contributed by atoms with van der Waals surface area (Å²) >= 11 is 11.8. The quantitative estimate of drug-likeness (QED) is 0.532. The van der Waals surface area contributed by atoms with Crippen LogP contribution in [0.2, 0.25) is 10.0 Å². The highest BCUT2D eigenvalue weighted by atomic mass is 35.5. The molecular formula is C13H13Cl2N2O4+. The van der Waals surface area contributed by atoms with Crippen molar-refractivity contribution in [2.75, 3.05) is 6.61 Å². The number of hydrogen-bond donors (Lipinski definition) is 1. The Morgan fingerprint density at radius 2 is 2.00 bits per heavy atom. The average Bonchev–Trinajstić information content (AvgIpc) is 2.44. The molecule has 0 amide bonds. The van der Waals surface area contributed by atoms with Crippen LogP contribution in [0.3, 0.4) is 0 Å². The summed E-state index contributed by atoms with van der Waals surface area (Å²) in [5, 5.41) is 10.5. The lowest BCUT2D eigenvalue weighted by Gasteiger charge is -2.07. The number of benzene rings is 1. The fourth-order valence-corrected chi connectivity index (χ4v) is 2.32. The Balaban J connectivity index is 2.71. The van der Waals surface area contributed by atoms with Gasteiger partial charge in [0.2, 0.25) is 0 Å². The summed E-state index contributed by atoms with van der Waals surface area (Å²) < 4.78 is 6.18. The maximum Gasteiger partial charge on any atom is 0.316 e. The predicted octanol–water partition coefficient (Wildman–Crippen LogP) is 2.51. The fraction of sp³-hybridized carbons (Fsp3) is 0.308. The molecule has 1 aromatic carbocycles. The second kappa shape index (κ2) is 5.91. The van der Waals surface area contributed by atoms with Crippen LogP contribution in [0.4, 0.5) is 0 Å². The smallest absolute Gasteiger partial charge is 0.316 e. The number of rotatable bonds is 3. The molecule has 1 heterocycles. The molecule has 0 saturated heterocycles. The van der Waals surface area contributed by atoms with Crippen LogP contribution < -0.4 is 4.43 Å². The van der Waals surface area contributed by atoms with Crippen LogP contribution in [0, 0.1) is 11.8 Å². The molecule has 0 spiro atoms. The summed E-state index contributed by atoms with van der Waals surface area (Å²) in [6.07, 6.45) is -0.250. The molecule has 0 fully saturated rings. The van der Waals surface area contributed by atoms with Crippen molar-refractivity contribution in [2.24, 2.45) is 0 Å². The summed E-state index contributed by atoms with van der Waals surface area (Å²) in [5.41, 5.74) is 0.618. The minimum atomic E-state index is -0.551. The highest BCUT2D eigenvalue weighted by molar-refractivity contribution is 6.42. The Morgan fingerprint density at radius 1 is 1.38 bits per heavy atom. The minimum Gasteiger partial charge on any atom is -0.466 e. The van der Waals surface area contributed by atoms with E-state index >= 15 is 0 Å². The molecule has 6 nitrogen and oxygen atoms in total. The van der Waals surface area contributed by atoms with Gasteiger partial charge in [-0.25, -0.2) is 0 Å². The second-order valence-electron chi connectivity index (χ2n) is 4.38. The Morgan fingerprint density at radius 3 is 2.62 bits per heavy atom. The van der Waals surface area contributed by atoms with Gasteiger partial charge in [-0.3, -0.25) is 4.79 Å². The molecule has 21 heavy (non-hydrogen) atoms. The monoisotopic (exact) mass is 331 g/mol. The Kier molecular flexibility index (Phi) is 4.39. The standard InChI is InChI=1S/C13H13Cl2N2O4/c1-3-21-13(18)6-10-7(2)16(19)11-4-8(14)9(15)5-12(11)17(10)20/h4-5,19H,3,6H2,1-2H3/q+1. The normalized spacial score (nSPS) is 10.9. The third kappa shape index (κ3) is 2.82. The second-order valence-corrected chi connectivity index (χ2v) is 5.19. The van der Waals surface area contributed by atoms with Crippen molar-refractivity contribution in [3.8, 4) is 0 Å². The lowest BCUT2D eigenvalue weighted by Crippen LogP contribution is -2.30. The number of nitrogens with zero attached hydrogens (tertiary/aromatic N) is 2. The molecule has 0 radical (unpaired) electrons. The molecule has 2 rings (SSSR count). The van der Waals surface area contributed by atoms with E-state index < -0.39 is 5.97 Å². The Labute approximate surface area is 130 Å². The molecule has 0 aliphatic carbocycles. The molecule has 8 heteroatoms. The highest BCUT2D eigenvalue weighted by Gasteiger charge is 2.26. The lowest BCUT2D eigenvalue weighted by atomic mass is 10.2. The molecule has 0 aliphatic rings. The van der Waals surface area contributed by atoms with Gasteiger partial charge in [-0.15, -0.1) is 0 Å². The number of fused-ring (bicyclic) bond motifs is 1. The summed E-state index contributed by atoms with van der Waals surface area (Å²) in [6.45, 7) is 3.40. The molecule has 0 saturated carbocycles. The Bertz CT molecular complexity index is 786. The number of halogens is 2. The van der Waals surface area contributed by atoms with Crippen LogP contribution >= 0.6 is 23.2 Å². The van der Waals surface area contributed by atoms with Crippen LogP contribution in [0.15, 0.2) is 12.1 Å². The van der Waals surface area contributed by atoms with Gasteiger partial charge >= 0.3 is 5.97 Å². The van der Waals surface area contributed by atoms with Crippen molar-refractivity contribution < 1.29 is 19.2 Å². The number of carbonyl (C=O) groups excluding carboxylic acids is 1. The first-order valence-electron chi connectivity index (χ1n) is 6.17. The van der Waals surface area contributed by atoms with Crippen LogP contribution in [-0.2, 0) is 16.0 Å². The molecule has 1 N–H and O–H groups in total. The van der Waals surface area contributed by atoms with Crippen LogP contribution in [0.5, 0.6) is 0 Å². The van der Waals surface area contributed by atoms with Crippen molar-refractivity contribution in [3.63, 3.8) is 0 Å². The zero-order valence-electron chi connectivity index (χ0n) is 11.4. The van der Waals surface area contributed by atoms with Crippen molar-refractivity contribution in [3.05, 3.63) is 38.5 Å². The van der Waals surface area contributed by atoms with E-state index in [1.165, 1.54) is 19.1 Å². The molecule has 2 aromatic rings. The van der Waals surface area contributed by atoms with E-state index in [9.17, 15) is 14.9 Å². The first-order valence-corrected chi connectivity index (χ1v) is 6.93. The van der Waals surface area contributed by atoms with Gasteiger partial charge in [0.25, 0.3) is 11.2 Å². The molecular weight excluding hydrogens is 319 g/mol. The highest BCUT2D eigenvalue weighted by Crippen LogP contribution is 2.26. The van der Waals surface area contributed by atoms with E-state index in [-0.39, 0.29) is 45.5 Å². The molecule has 0 bridgehead atoms. The molecule has 1 aromatic heterocycles. The molecule has 0 unspecified atom stereocenters. The number of hydrogen-bond acceptors (Lipinski definition) is 4. The summed E-state index contributed by atoms with van der Waals surface area (Å²) in [7, 11) is 0. The largest absolute Gasteiger partial charge is 0.466 e. The summed E-state index contributed by atoms with van der Waals surface area (Å²) in [6, 6.07) is 2.72. The fourth-order valence-electron chi connectivity index (χ4n) is 2.00. The van der Waals surface area contributed by atoms with Gasteiger partial charge < -0.3 is 9.94 Å². The van der Waals surface area contributed by atoms with Gasteiger partial charge in [0.1, 0.15) is 12.1 Å². The third-order valence-corrected chi connectivity index (χ3v) is 3.78. The predicted molar refractivity (Wildman–Crippen MR) is 77.6 cm³/mol. The van der Waals surface area contributed by atoms with Crippen molar-refractivity contribution in [2.45, 2.75) is 20.3 Å². The first kappa shape index (κ1) is 15.6. The lowest BCUT2D eigenvalue weighted by molar-refractivity contribution is -0.475. The van der Waals surface area contributed by atoms with E-state index in [2.05, 4.69) is 0 Å². The van der Waals surface area contributed by atoms with Gasteiger partial charge in [0.05, 0.1) is 21.1 Å². The van der Waals surface area contributed by atoms with Gasteiger partial charge in [-0.1, -0.05) is 23.2 Å². The van der Waals surface area contributed by atoms with E-state index in [1.807, 2.05) is 0 Å². The average molecular weight is 332 g/mol. The van der Waals surface area contributed by atoms with Crippen LogP contribution in [0.25, 0.3) is 11.0 Å². The van der Waals surface area contributed by atoms with Gasteiger partial charge in [-0.2, -0.15) is 4.73 Å². The Hall–Kier alpha value is -1.79. The molecule has 112 valence electrons. The molecule has 0 aliphatic heterocycles.